The van der Waals surface area contributed by atoms with Crippen LogP contribution in [0.25, 0.3) is 0 Å². The van der Waals surface area contributed by atoms with Gasteiger partial charge in [-0.15, -0.1) is 0 Å². The minimum atomic E-state index is -0.310. The molecular formula is C11H11BrO2. The molecule has 0 spiro atoms. The third kappa shape index (κ3) is 3.75. The summed E-state index contributed by atoms with van der Waals surface area (Å²) in [7, 11) is 0. The number of allylic oxidation sites excluding steroid dienone is 1. The second-order valence-electron chi connectivity index (χ2n) is 2.73. The molecule has 1 rings (SSSR count). The predicted octanol–water partition coefficient (Wildman–Crippen LogP) is 3.07. The second-order valence-corrected chi connectivity index (χ2v) is 3.65. The number of hydrogen-bond donors (Lipinski definition) is 0. The van der Waals surface area contributed by atoms with Gasteiger partial charge in [0.1, 0.15) is 6.61 Å². The van der Waals surface area contributed by atoms with Gasteiger partial charge in [-0.2, -0.15) is 0 Å². The van der Waals surface area contributed by atoms with Crippen LogP contribution in [0.1, 0.15) is 12.5 Å². The minimum Gasteiger partial charge on any atom is -0.458 e. The monoisotopic (exact) mass is 254 g/mol. The smallest absolute Gasteiger partial charge is 0.330 e. The lowest BCUT2D eigenvalue weighted by atomic mass is 10.2. The van der Waals surface area contributed by atoms with Crippen molar-refractivity contribution in [2.24, 2.45) is 0 Å². The minimum absolute atomic E-state index is 0.310. The largest absolute Gasteiger partial charge is 0.458 e. The van der Waals surface area contributed by atoms with Crippen LogP contribution in [-0.2, 0) is 16.1 Å². The molecule has 0 saturated carbocycles. The van der Waals surface area contributed by atoms with E-state index in [1.165, 1.54) is 6.08 Å². The standard InChI is InChI=1S/C11H11BrO2/c1-2-3-11(13)14-8-9-4-6-10(12)7-5-9/h2-7H,8H2,1H3. The summed E-state index contributed by atoms with van der Waals surface area (Å²) in [4.78, 5) is 11.0. The summed E-state index contributed by atoms with van der Waals surface area (Å²) in [5, 5.41) is 0. The van der Waals surface area contributed by atoms with Gasteiger partial charge in [-0.05, 0) is 24.6 Å². The van der Waals surface area contributed by atoms with Crippen molar-refractivity contribution in [2.75, 3.05) is 0 Å². The summed E-state index contributed by atoms with van der Waals surface area (Å²) >= 11 is 3.33. The van der Waals surface area contributed by atoms with E-state index < -0.39 is 0 Å². The number of carbonyl (C=O) groups is 1. The summed E-state index contributed by atoms with van der Waals surface area (Å²) in [6, 6.07) is 7.65. The topological polar surface area (TPSA) is 26.3 Å². The van der Waals surface area contributed by atoms with Gasteiger partial charge in [0.2, 0.25) is 0 Å². The molecule has 0 radical (unpaired) electrons. The number of esters is 1. The van der Waals surface area contributed by atoms with E-state index in [4.69, 9.17) is 4.74 Å². The Morgan fingerprint density at radius 2 is 2.07 bits per heavy atom. The summed E-state index contributed by atoms with van der Waals surface area (Å²) in [6.07, 6.45) is 3.06. The molecule has 0 saturated heterocycles. The first-order valence-corrected chi connectivity index (χ1v) is 5.05. The fraction of sp³-hybridized carbons (Fsp3) is 0.182. The molecule has 0 atom stereocenters. The maximum Gasteiger partial charge on any atom is 0.330 e. The van der Waals surface area contributed by atoms with E-state index in [-0.39, 0.29) is 5.97 Å². The zero-order valence-electron chi connectivity index (χ0n) is 7.87. The van der Waals surface area contributed by atoms with Crippen molar-refractivity contribution in [3.8, 4) is 0 Å². The van der Waals surface area contributed by atoms with Gasteiger partial charge in [-0.25, -0.2) is 4.79 Å². The molecule has 14 heavy (non-hydrogen) atoms. The van der Waals surface area contributed by atoms with Gasteiger partial charge < -0.3 is 4.74 Å². The van der Waals surface area contributed by atoms with Crippen molar-refractivity contribution < 1.29 is 9.53 Å². The molecule has 0 aliphatic heterocycles. The number of hydrogen-bond acceptors (Lipinski definition) is 2. The lowest BCUT2D eigenvalue weighted by molar-refractivity contribution is -0.139. The van der Waals surface area contributed by atoms with E-state index in [9.17, 15) is 4.79 Å². The predicted molar refractivity (Wildman–Crippen MR) is 58.8 cm³/mol. The molecular weight excluding hydrogens is 244 g/mol. The van der Waals surface area contributed by atoms with Crippen LogP contribution >= 0.6 is 15.9 Å². The van der Waals surface area contributed by atoms with Crippen LogP contribution in [0.3, 0.4) is 0 Å². The summed E-state index contributed by atoms with van der Waals surface area (Å²) in [6.45, 7) is 2.09. The molecule has 3 heteroatoms. The number of rotatable bonds is 3. The molecule has 1 aromatic carbocycles. The molecule has 0 amide bonds. The van der Waals surface area contributed by atoms with Gasteiger partial charge >= 0.3 is 5.97 Å². The van der Waals surface area contributed by atoms with E-state index >= 15 is 0 Å². The summed E-state index contributed by atoms with van der Waals surface area (Å²) in [5.74, 6) is -0.310. The Balaban J connectivity index is 2.46. The lowest BCUT2D eigenvalue weighted by Crippen LogP contribution is -2.00. The molecule has 0 aromatic heterocycles. The molecule has 1 aromatic rings. The van der Waals surface area contributed by atoms with Gasteiger partial charge in [-0.1, -0.05) is 34.1 Å². The summed E-state index contributed by atoms with van der Waals surface area (Å²) in [5.41, 5.74) is 0.978. The van der Waals surface area contributed by atoms with Crippen molar-refractivity contribution in [1.29, 1.82) is 0 Å². The van der Waals surface area contributed by atoms with Crippen LogP contribution in [0.4, 0.5) is 0 Å². The molecule has 0 heterocycles. The molecule has 0 fully saturated rings. The van der Waals surface area contributed by atoms with E-state index in [1.54, 1.807) is 13.0 Å². The highest BCUT2D eigenvalue weighted by molar-refractivity contribution is 9.10. The third-order valence-electron chi connectivity index (χ3n) is 1.60. The van der Waals surface area contributed by atoms with E-state index in [1.807, 2.05) is 24.3 Å². The molecule has 0 aliphatic carbocycles. The molecule has 0 N–H and O–H groups in total. The number of ether oxygens (including phenoxy) is 1. The van der Waals surface area contributed by atoms with E-state index in [0.29, 0.717) is 6.61 Å². The quantitative estimate of drug-likeness (QED) is 0.612. The Hall–Kier alpha value is -1.09. The van der Waals surface area contributed by atoms with Gasteiger partial charge in [0.25, 0.3) is 0 Å². The Morgan fingerprint density at radius 3 is 2.64 bits per heavy atom. The number of carbonyl (C=O) groups excluding carboxylic acids is 1. The molecule has 2 nitrogen and oxygen atoms in total. The first kappa shape index (κ1) is 11.0. The zero-order valence-corrected chi connectivity index (χ0v) is 9.45. The number of halogens is 1. The Morgan fingerprint density at radius 1 is 1.43 bits per heavy atom. The van der Waals surface area contributed by atoms with Gasteiger partial charge in [-0.3, -0.25) is 0 Å². The third-order valence-corrected chi connectivity index (χ3v) is 2.13. The Bertz CT molecular complexity index is 328. The lowest BCUT2D eigenvalue weighted by Gasteiger charge is -2.01. The Labute approximate surface area is 91.7 Å². The maximum absolute atomic E-state index is 11.0. The number of benzene rings is 1. The van der Waals surface area contributed by atoms with Crippen LogP contribution in [0.2, 0.25) is 0 Å². The van der Waals surface area contributed by atoms with Crippen LogP contribution in [0, 0.1) is 0 Å². The first-order valence-electron chi connectivity index (χ1n) is 4.26. The molecule has 0 bridgehead atoms. The van der Waals surface area contributed by atoms with Crippen molar-refractivity contribution in [3.05, 3.63) is 46.5 Å². The highest BCUT2D eigenvalue weighted by atomic mass is 79.9. The Kier molecular flexibility index (Phi) is 4.40. The van der Waals surface area contributed by atoms with Crippen LogP contribution in [0.15, 0.2) is 40.9 Å². The SMILES string of the molecule is CC=CC(=O)OCc1ccc(Br)cc1. The van der Waals surface area contributed by atoms with E-state index in [2.05, 4.69) is 15.9 Å². The summed E-state index contributed by atoms with van der Waals surface area (Å²) < 4.78 is 5.98. The van der Waals surface area contributed by atoms with Crippen molar-refractivity contribution in [1.82, 2.24) is 0 Å². The van der Waals surface area contributed by atoms with Gasteiger partial charge in [0.05, 0.1) is 0 Å². The highest BCUT2D eigenvalue weighted by Gasteiger charge is 1.97. The molecule has 0 aliphatic rings. The van der Waals surface area contributed by atoms with Crippen molar-refractivity contribution >= 4 is 21.9 Å². The highest BCUT2D eigenvalue weighted by Crippen LogP contribution is 2.11. The fourth-order valence-corrected chi connectivity index (χ4v) is 1.18. The fourth-order valence-electron chi connectivity index (χ4n) is 0.919. The van der Waals surface area contributed by atoms with Crippen LogP contribution in [0.5, 0.6) is 0 Å². The average molecular weight is 255 g/mol. The average Bonchev–Trinajstić information content (AvgIpc) is 2.17. The first-order chi connectivity index (χ1) is 6.72. The van der Waals surface area contributed by atoms with Gasteiger partial charge in [0, 0.05) is 10.5 Å². The van der Waals surface area contributed by atoms with Gasteiger partial charge in [0.15, 0.2) is 0 Å². The van der Waals surface area contributed by atoms with Crippen molar-refractivity contribution in [3.63, 3.8) is 0 Å². The normalized spacial score (nSPS) is 10.4. The second kappa shape index (κ2) is 5.60. The van der Waals surface area contributed by atoms with Crippen LogP contribution < -0.4 is 0 Å². The zero-order chi connectivity index (χ0) is 10.4. The molecule has 0 unspecified atom stereocenters. The van der Waals surface area contributed by atoms with E-state index in [0.717, 1.165) is 10.0 Å². The molecule has 74 valence electrons. The van der Waals surface area contributed by atoms with Crippen molar-refractivity contribution in [2.45, 2.75) is 13.5 Å². The van der Waals surface area contributed by atoms with Crippen LogP contribution in [-0.4, -0.2) is 5.97 Å². The maximum atomic E-state index is 11.0.